The highest BCUT2D eigenvalue weighted by molar-refractivity contribution is 6.30. The smallest absolute Gasteiger partial charge is 0.161 e. The SMILES string of the molecule is CCOc1cc(CN2CC[C@H](Oc3cccc(Cl)c3)[C@@](C)(O)C2)ccc1O. The van der Waals surface area contributed by atoms with E-state index in [2.05, 4.69) is 4.90 Å². The van der Waals surface area contributed by atoms with Gasteiger partial charge in [-0.05, 0) is 56.2 Å². The first-order valence-electron chi connectivity index (χ1n) is 9.19. The average molecular weight is 392 g/mol. The first-order chi connectivity index (χ1) is 12.9. The Morgan fingerprint density at radius 2 is 2.07 bits per heavy atom. The Morgan fingerprint density at radius 1 is 1.26 bits per heavy atom. The minimum absolute atomic E-state index is 0.140. The summed E-state index contributed by atoms with van der Waals surface area (Å²) < 4.78 is 11.5. The number of benzene rings is 2. The molecule has 146 valence electrons. The normalized spacial score (nSPS) is 23.2. The molecular weight excluding hydrogens is 366 g/mol. The number of hydrogen-bond donors (Lipinski definition) is 2. The van der Waals surface area contributed by atoms with E-state index in [4.69, 9.17) is 21.1 Å². The quantitative estimate of drug-likeness (QED) is 0.783. The maximum atomic E-state index is 10.9. The van der Waals surface area contributed by atoms with Crippen LogP contribution in [-0.2, 0) is 6.54 Å². The fraction of sp³-hybridized carbons (Fsp3) is 0.429. The number of ether oxygens (including phenoxy) is 2. The standard InChI is InChI=1S/C21H26ClNO4/c1-3-26-19-11-15(7-8-18(19)24)13-23-10-9-20(21(2,25)14-23)27-17-6-4-5-16(22)12-17/h4-8,11-12,20,24-25H,3,9-10,13-14H2,1-2H3/t20-,21-/m0/s1. The van der Waals surface area contributed by atoms with E-state index in [0.29, 0.717) is 42.6 Å². The molecule has 0 aromatic heterocycles. The van der Waals surface area contributed by atoms with Crippen LogP contribution in [0.3, 0.4) is 0 Å². The molecule has 0 radical (unpaired) electrons. The lowest BCUT2D eigenvalue weighted by Gasteiger charge is -2.42. The number of piperidine rings is 1. The third kappa shape index (κ3) is 5.06. The van der Waals surface area contributed by atoms with Crippen LogP contribution < -0.4 is 9.47 Å². The zero-order chi connectivity index (χ0) is 19.4. The van der Waals surface area contributed by atoms with E-state index in [-0.39, 0.29) is 11.9 Å². The Labute approximate surface area is 165 Å². The predicted octanol–water partition coefficient (Wildman–Crippen LogP) is 3.85. The molecule has 1 fully saturated rings. The van der Waals surface area contributed by atoms with Crippen LogP contribution >= 0.6 is 11.6 Å². The van der Waals surface area contributed by atoms with Gasteiger partial charge in [-0.15, -0.1) is 0 Å². The Balaban J connectivity index is 1.64. The van der Waals surface area contributed by atoms with E-state index in [1.54, 1.807) is 25.1 Å². The largest absolute Gasteiger partial charge is 0.504 e. The van der Waals surface area contributed by atoms with E-state index >= 15 is 0 Å². The molecule has 6 heteroatoms. The molecule has 0 saturated carbocycles. The number of phenols is 1. The maximum Gasteiger partial charge on any atom is 0.161 e. The molecule has 2 aromatic carbocycles. The third-order valence-corrected chi connectivity index (χ3v) is 4.98. The number of aliphatic hydroxyl groups is 1. The van der Waals surface area contributed by atoms with Crippen molar-refractivity contribution in [2.24, 2.45) is 0 Å². The number of nitrogens with zero attached hydrogens (tertiary/aromatic N) is 1. The van der Waals surface area contributed by atoms with Crippen LogP contribution in [0.4, 0.5) is 0 Å². The van der Waals surface area contributed by atoms with Crippen molar-refractivity contribution < 1.29 is 19.7 Å². The van der Waals surface area contributed by atoms with Crippen molar-refractivity contribution >= 4 is 11.6 Å². The highest BCUT2D eigenvalue weighted by Crippen LogP contribution is 2.30. The molecule has 0 unspecified atom stereocenters. The van der Waals surface area contributed by atoms with Gasteiger partial charge in [-0.25, -0.2) is 0 Å². The number of likely N-dealkylation sites (tertiary alicyclic amines) is 1. The lowest BCUT2D eigenvalue weighted by molar-refractivity contribution is -0.0993. The minimum Gasteiger partial charge on any atom is -0.504 e. The first kappa shape index (κ1) is 19.8. The number of aromatic hydroxyl groups is 1. The van der Waals surface area contributed by atoms with Crippen molar-refractivity contribution in [2.75, 3.05) is 19.7 Å². The van der Waals surface area contributed by atoms with Crippen LogP contribution in [0.25, 0.3) is 0 Å². The molecule has 1 aliphatic rings. The van der Waals surface area contributed by atoms with Crippen LogP contribution in [0.15, 0.2) is 42.5 Å². The molecule has 2 atom stereocenters. The fourth-order valence-electron chi connectivity index (χ4n) is 3.46. The Kier molecular flexibility index (Phi) is 6.15. The number of hydrogen-bond acceptors (Lipinski definition) is 5. The topological polar surface area (TPSA) is 62.2 Å². The molecule has 1 saturated heterocycles. The summed E-state index contributed by atoms with van der Waals surface area (Å²) in [6.45, 7) is 6.14. The van der Waals surface area contributed by atoms with E-state index in [0.717, 1.165) is 12.1 Å². The van der Waals surface area contributed by atoms with Gasteiger partial charge in [0.05, 0.1) is 6.61 Å². The monoisotopic (exact) mass is 391 g/mol. The third-order valence-electron chi connectivity index (χ3n) is 4.75. The van der Waals surface area contributed by atoms with Crippen molar-refractivity contribution in [3.8, 4) is 17.2 Å². The number of halogens is 1. The van der Waals surface area contributed by atoms with E-state index in [1.165, 1.54) is 0 Å². The van der Waals surface area contributed by atoms with E-state index < -0.39 is 5.60 Å². The lowest BCUT2D eigenvalue weighted by Crippen LogP contribution is -2.56. The fourth-order valence-corrected chi connectivity index (χ4v) is 3.64. The van der Waals surface area contributed by atoms with Gasteiger partial charge in [0.15, 0.2) is 11.5 Å². The molecule has 0 amide bonds. The zero-order valence-corrected chi connectivity index (χ0v) is 16.4. The Hall–Kier alpha value is -1.95. The van der Waals surface area contributed by atoms with Crippen LogP contribution in [0.1, 0.15) is 25.8 Å². The highest BCUT2D eigenvalue weighted by Gasteiger charge is 2.39. The average Bonchev–Trinajstić information content (AvgIpc) is 2.60. The summed E-state index contributed by atoms with van der Waals surface area (Å²) in [6, 6.07) is 12.6. The molecule has 1 aliphatic heterocycles. The summed E-state index contributed by atoms with van der Waals surface area (Å²) in [5.74, 6) is 1.29. The van der Waals surface area contributed by atoms with Gasteiger partial charge in [0.1, 0.15) is 17.5 Å². The molecule has 27 heavy (non-hydrogen) atoms. The van der Waals surface area contributed by atoms with Gasteiger partial charge in [-0.2, -0.15) is 0 Å². The summed E-state index contributed by atoms with van der Waals surface area (Å²) in [7, 11) is 0. The van der Waals surface area contributed by atoms with Gasteiger partial charge in [-0.1, -0.05) is 23.7 Å². The van der Waals surface area contributed by atoms with Crippen LogP contribution in [0.2, 0.25) is 5.02 Å². The molecule has 5 nitrogen and oxygen atoms in total. The van der Waals surface area contributed by atoms with Gasteiger partial charge in [0.2, 0.25) is 0 Å². The maximum absolute atomic E-state index is 10.9. The Morgan fingerprint density at radius 3 is 2.78 bits per heavy atom. The van der Waals surface area contributed by atoms with Gasteiger partial charge in [0.25, 0.3) is 0 Å². The summed E-state index contributed by atoms with van der Waals surface area (Å²) >= 11 is 6.01. The van der Waals surface area contributed by atoms with Gasteiger partial charge in [0, 0.05) is 24.7 Å². The summed E-state index contributed by atoms with van der Waals surface area (Å²) in [5.41, 5.74) is 0.0431. The summed E-state index contributed by atoms with van der Waals surface area (Å²) in [5, 5.41) is 21.4. The predicted molar refractivity (Wildman–Crippen MR) is 106 cm³/mol. The van der Waals surface area contributed by atoms with Crippen molar-refractivity contribution in [1.29, 1.82) is 0 Å². The molecule has 2 aromatic rings. The molecular formula is C21H26ClNO4. The van der Waals surface area contributed by atoms with Crippen molar-refractivity contribution in [3.63, 3.8) is 0 Å². The molecule has 0 spiro atoms. The highest BCUT2D eigenvalue weighted by atomic mass is 35.5. The van der Waals surface area contributed by atoms with Gasteiger partial charge < -0.3 is 19.7 Å². The van der Waals surface area contributed by atoms with Gasteiger partial charge >= 0.3 is 0 Å². The molecule has 0 bridgehead atoms. The second kappa shape index (κ2) is 8.38. The van der Waals surface area contributed by atoms with Crippen molar-refractivity contribution in [1.82, 2.24) is 4.90 Å². The molecule has 1 heterocycles. The number of β-amino-alcohol motifs (C(OH)–C–C–N with tert-alkyl or cyclic N) is 1. The van der Waals surface area contributed by atoms with E-state index in [9.17, 15) is 10.2 Å². The van der Waals surface area contributed by atoms with Gasteiger partial charge in [-0.3, -0.25) is 4.90 Å². The first-order valence-corrected chi connectivity index (χ1v) is 9.57. The van der Waals surface area contributed by atoms with E-state index in [1.807, 2.05) is 31.2 Å². The summed E-state index contributed by atoms with van der Waals surface area (Å²) in [4.78, 5) is 2.18. The Bertz CT molecular complexity index is 781. The van der Waals surface area contributed by atoms with Crippen LogP contribution in [0.5, 0.6) is 17.2 Å². The van der Waals surface area contributed by atoms with Crippen LogP contribution in [-0.4, -0.2) is 46.5 Å². The number of phenolic OH excluding ortho intramolecular Hbond substituents is 1. The molecule has 3 rings (SSSR count). The van der Waals surface area contributed by atoms with Crippen LogP contribution in [0, 0.1) is 0 Å². The van der Waals surface area contributed by atoms with Crippen molar-refractivity contribution in [3.05, 3.63) is 53.1 Å². The minimum atomic E-state index is -0.986. The van der Waals surface area contributed by atoms with Crippen molar-refractivity contribution in [2.45, 2.75) is 38.5 Å². The lowest BCUT2D eigenvalue weighted by atomic mass is 9.91. The second-order valence-electron chi connectivity index (χ2n) is 7.16. The molecule has 0 aliphatic carbocycles. The number of rotatable bonds is 6. The zero-order valence-electron chi connectivity index (χ0n) is 15.7. The molecule has 2 N–H and O–H groups in total. The second-order valence-corrected chi connectivity index (χ2v) is 7.59. The summed E-state index contributed by atoms with van der Waals surface area (Å²) in [6.07, 6.45) is 0.404.